The summed E-state index contributed by atoms with van der Waals surface area (Å²) in [7, 11) is 0. The first-order valence-electron chi connectivity index (χ1n) is 12.2. The van der Waals surface area contributed by atoms with Crippen molar-refractivity contribution in [3.63, 3.8) is 0 Å². The monoisotopic (exact) mass is 536 g/mol. The van der Waals surface area contributed by atoms with E-state index < -0.39 is 0 Å². The first kappa shape index (κ1) is 23.9. The van der Waals surface area contributed by atoms with Gasteiger partial charge in [-0.05, 0) is 36.8 Å². The van der Waals surface area contributed by atoms with Gasteiger partial charge in [0.1, 0.15) is 5.82 Å². The van der Waals surface area contributed by atoms with Gasteiger partial charge < -0.3 is 19.8 Å². The number of aromatic nitrogens is 7. The van der Waals surface area contributed by atoms with E-state index in [0.717, 1.165) is 67.3 Å². The molecule has 0 spiro atoms. The van der Waals surface area contributed by atoms with Crippen molar-refractivity contribution in [1.29, 1.82) is 0 Å². The van der Waals surface area contributed by atoms with Gasteiger partial charge in [0.2, 0.25) is 5.95 Å². The van der Waals surface area contributed by atoms with Gasteiger partial charge in [-0.15, -0.1) is 0 Å². The molecule has 10 nitrogen and oxygen atoms in total. The molecule has 5 aromatic rings. The van der Waals surface area contributed by atoms with Crippen molar-refractivity contribution >= 4 is 57.2 Å². The highest BCUT2D eigenvalue weighted by molar-refractivity contribution is 6.42. The minimum Gasteiger partial charge on any atom is -0.361 e. The number of aryl methyl sites for hydroxylation is 1. The Morgan fingerprint density at radius 3 is 2.57 bits per heavy atom. The predicted octanol–water partition coefficient (Wildman–Crippen LogP) is 4.36. The Hall–Kier alpha value is -3.47. The molecule has 0 atom stereocenters. The largest absolute Gasteiger partial charge is 0.361 e. The van der Waals surface area contributed by atoms with Gasteiger partial charge in [0, 0.05) is 51.7 Å². The van der Waals surface area contributed by atoms with Gasteiger partial charge >= 0.3 is 0 Å². The van der Waals surface area contributed by atoms with Crippen LogP contribution in [0.25, 0.3) is 22.2 Å². The Kier molecular flexibility index (Phi) is 6.54. The molecule has 0 amide bonds. The minimum absolute atomic E-state index is 0.439. The van der Waals surface area contributed by atoms with Crippen molar-refractivity contribution in [2.45, 2.75) is 26.6 Å². The van der Waals surface area contributed by atoms with Crippen molar-refractivity contribution in [3.8, 4) is 0 Å². The summed E-state index contributed by atoms with van der Waals surface area (Å²) in [5, 5.41) is 4.39. The van der Waals surface area contributed by atoms with Crippen LogP contribution in [0.3, 0.4) is 0 Å². The summed E-state index contributed by atoms with van der Waals surface area (Å²) in [6, 6.07) is 7.68. The quantitative estimate of drug-likeness (QED) is 0.316. The summed E-state index contributed by atoms with van der Waals surface area (Å²) >= 11 is 12.3. The lowest BCUT2D eigenvalue weighted by Gasteiger charge is -2.34. The molecule has 0 unspecified atom stereocenters. The molecule has 6 rings (SSSR count). The number of H-pyrrole nitrogens is 1. The highest BCUT2D eigenvalue weighted by Gasteiger charge is 2.22. The number of imidazole rings is 2. The molecule has 12 heteroatoms. The number of rotatable bonds is 7. The van der Waals surface area contributed by atoms with E-state index in [2.05, 4.69) is 54.1 Å². The van der Waals surface area contributed by atoms with Gasteiger partial charge in [0.05, 0.1) is 34.0 Å². The van der Waals surface area contributed by atoms with E-state index in [1.165, 1.54) is 5.56 Å². The Labute approximate surface area is 223 Å². The fourth-order valence-corrected chi connectivity index (χ4v) is 4.91. The number of anilines is 2. The maximum Gasteiger partial charge on any atom is 0.229 e. The highest BCUT2D eigenvalue weighted by atomic mass is 35.5. The second kappa shape index (κ2) is 10.1. The maximum absolute atomic E-state index is 6.16. The Morgan fingerprint density at radius 1 is 1.00 bits per heavy atom. The molecule has 0 aliphatic carbocycles. The van der Waals surface area contributed by atoms with Crippen LogP contribution in [0.2, 0.25) is 10.0 Å². The number of nitrogens with zero attached hydrogens (tertiary/aromatic N) is 8. The average Bonchev–Trinajstić information content (AvgIpc) is 3.52. The molecule has 0 radical (unpaired) electrons. The van der Waals surface area contributed by atoms with E-state index in [9.17, 15) is 0 Å². The van der Waals surface area contributed by atoms with Gasteiger partial charge in [-0.1, -0.05) is 23.2 Å². The van der Waals surface area contributed by atoms with E-state index in [4.69, 9.17) is 33.2 Å². The van der Waals surface area contributed by atoms with Crippen LogP contribution in [0.5, 0.6) is 0 Å². The smallest absolute Gasteiger partial charge is 0.229 e. The maximum atomic E-state index is 6.16. The Balaban J connectivity index is 1.22. The Bertz CT molecular complexity index is 1500. The predicted molar refractivity (Wildman–Crippen MR) is 146 cm³/mol. The fraction of sp³-hybridized carbons (Fsp3) is 0.320. The highest BCUT2D eigenvalue weighted by Crippen LogP contribution is 2.27. The molecule has 1 aliphatic rings. The molecule has 5 heterocycles. The molecule has 2 N–H and O–H groups in total. The minimum atomic E-state index is 0.439. The van der Waals surface area contributed by atoms with Crippen LogP contribution in [0.4, 0.5) is 11.8 Å². The molecule has 1 fully saturated rings. The van der Waals surface area contributed by atoms with Crippen molar-refractivity contribution in [1.82, 2.24) is 39.4 Å². The number of fused-ring (bicyclic) bond motifs is 2. The van der Waals surface area contributed by atoms with Gasteiger partial charge in [-0.2, -0.15) is 9.97 Å². The van der Waals surface area contributed by atoms with Crippen molar-refractivity contribution in [3.05, 3.63) is 64.4 Å². The number of nitrogens with one attached hydrogen (secondary N) is 2. The van der Waals surface area contributed by atoms with Crippen LogP contribution in [0.1, 0.15) is 18.3 Å². The number of piperazine rings is 1. The third-order valence-corrected chi connectivity index (χ3v) is 7.32. The lowest BCUT2D eigenvalue weighted by Crippen LogP contribution is -2.46. The zero-order chi connectivity index (χ0) is 25.4. The molecular weight excluding hydrogens is 511 g/mol. The normalized spacial score (nSPS) is 14.6. The first-order valence-corrected chi connectivity index (χ1v) is 13.0. The molecule has 0 saturated carbocycles. The Morgan fingerprint density at radius 2 is 1.78 bits per heavy atom. The number of benzene rings is 1. The number of pyridine rings is 1. The van der Waals surface area contributed by atoms with E-state index in [1.54, 1.807) is 12.1 Å². The van der Waals surface area contributed by atoms with Crippen LogP contribution in [0, 0.1) is 0 Å². The lowest BCUT2D eigenvalue weighted by molar-refractivity contribution is 0.248. The summed E-state index contributed by atoms with van der Waals surface area (Å²) in [5.41, 5.74) is 4.43. The van der Waals surface area contributed by atoms with Crippen molar-refractivity contribution in [2.24, 2.45) is 0 Å². The molecule has 1 aliphatic heterocycles. The second-order valence-electron chi connectivity index (χ2n) is 9.01. The third-order valence-electron chi connectivity index (χ3n) is 6.60. The third kappa shape index (κ3) is 4.92. The second-order valence-corrected chi connectivity index (χ2v) is 9.83. The lowest BCUT2D eigenvalue weighted by atomic mass is 10.2. The summed E-state index contributed by atoms with van der Waals surface area (Å²) in [5.74, 6) is 2.14. The number of aromatic amines is 1. The summed E-state index contributed by atoms with van der Waals surface area (Å²) in [6.07, 6.45) is 5.50. The number of hydrogen-bond acceptors (Lipinski definition) is 8. The van der Waals surface area contributed by atoms with Crippen LogP contribution >= 0.6 is 23.2 Å². The molecule has 4 aromatic heterocycles. The zero-order valence-corrected chi connectivity index (χ0v) is 21.8. The molecule has 190 valence electrons. The van der Waals surface area contributed by atoms with E-state index in [-0.39, 0.29) is 0 Å². The SMILES string of the molecule is CCn1cnc2c(NCc3nc4cc(Cl)c(Cl)cc4[nH]3)nc(N3CCN(Cc4ccncc4)CC3)nc21. The zero-order valence-electron chi connectivity index (χ0n) is 20.3. The van der Waals surface area contributed by atoms with Crippen LogP contribution in [0.15, 0.2) is 43.0 Å². The number of halogens is 2. The molecule has 0 bridgehead atoms. The van der Waals surface area contributed by atoms with E-state index in [0.29, 0.717) is 28.4 Å². The van der Waals surface area contributed by atoms with E-state index in [1.807, 2.05) is 23.3 Å². The van der Waals surface area contributed by atoms with Crippen LogP contribution in [-0.4, -0.2) is 65.5 Å². The summed E-state index contributed by atoms with van der Waals surface area (Å²) in [6.45, 7) is 7.78. The summed E-state index contributed by atoms with van der Waals surface area (Å²) in [4.78, 5) is 31.1. The summed E-state index contributed by atoms with van der Waals surface area (Å²) < 4.78 is 2.04. The van der Waals surface area contributed by atoms with Crippen LogP contribution in [-0.2, 0) is 19.6 Å². The fourth-order valence-electron chi connectivity index (χ4n) is 4.59. The molecular formula is C25H26Cl2N10. The van der Waals surface area contributed by atoms with Gasteiger partial charge in [0.25, 0.3) is 0 Å². The van der Waals surface area contributed by atoms with Gasteiger partial charge in [-0.3, -0.25) is 9.88 Å². The van der Waals surface area contributed by atoms with Crippen LogP contribution < -0.4 is 10.2 Å². The molecule has 1 aromatic carbocycles. The average molecular weight is 537 g/mol. The first-order chi connectivity index (χ1) is 18.1. The standard InChI is InChI=1S/C25H26Cl2N10/c1-2-36-15-30-22-23(29-13-21-31-19-11-17(26)18(27)12-20(19)32-21)33-25(34-24(22)36)37-9-7-35(8-10-37)14-16-3-5-28-6-4-16/h3-6,11-12,15H,2,7-10,13-14H2,1H3,(H,31,32)(H,29,33,34). The molecule has 1 saturated heterocycles. The van der Waals surface area contributed by atoms with Gasteiger partial charge in [0.15, 0.2) is 17.0 Å². The topological polar surface area (TPSA) is 104 Å². The van der Waals surface area contributed by atoms with E-state index >= 15 is 0 Å². The van der Waals surface area contributed by atoms with Gasteiger partial charge in [-0.25, -0.2) is 9.97 Å². The van der Waals surface area contributed by atoms with Crippen molar-refractivity contribution in [2.75, 3.05) is 36.4 Å². The van der Waals surface area contributed by atoms with Crippen molar-refractivity contribution < 1.29 is 0 Å². The molecule has 37 heavy (non-hydrogen) atoms. The number of hydrogen-bond donors (Lipinski definition) is 2.